The number of hydrogen-bond donors (Lipinski definition) is 1. The molecule has 1 saturated heterocycles. The van der Waals surface area contributed by atoms with Gasteiger partial charge in [-0.1, -0.05) is 0 Å². The molecular weight excluding hydrogens is 299 g/mol. The first kappa shape index (κ1) is 14.4. The van der Waals surface area contributed by atoms with Gasteiger partial charge in [-0.25, -0.2) is 4.39 Å². The average molecular weight is 316 g/mol. The van der Waals surface area contributed by atoms with Gasteiger partial charge in [-0.2, -0.15) is 0 Å². The molecule has 6 heteroatoms. The van der Waals surface area contributed by atoms with Crippen LogP contribution in [0, 0.1) is 29.5 Å². The minimum atomic E-state index is -0.439. The van der Waals surface area contributed by atoms with Crippen molar-refractivity contribution < 1.29 is 18.8 Å². The summed E-state index contributed by atoms with van der Waals surface area (Å²) in [6.45, 7) is -0.262. The van der Waals surface area contributed by atoms with E-state index in [1.807, 2.05) is 0 Å². The molecule has 2 aliphatic carbocycles. The molecule has 5 nitrogen and oxygen atoms in total. The Kier molecular flexibility index (Phi) is 3.21. The van der Waals surface area contributed by atoms with Crippen LogP contribution in [0.2, 0.25) is 0 Å². The third kappa shape index (κ3) is 2.24. The fourth-order valence-electron chi connectivity index (χ4n) is 4.50. The molecule has 4 atom stereocenters. The predicted octanol–water partition coefficient (Wildman–Crippen LogP) is 1.80. The number of nitrogens with zero attached hydrogens (tertiary/aromatic N) is 1. The lowest BCUT2D eigenvalue weighted by Gasteiger charge is -2.19. The molecule has 1 aromatic rings. The molecule has 120 valence electrons. The van der Waals surface area contributed by atoms with Crippen LogP contribution < -0.4 is 5.32 Å². The number of carbonyl (C=O) groups is 3. The second-order valence-electron chi connectivity index (χ2n) is 6.70. The molecule has 1 N–H and O–H groups in total. The highest BCUT2D eigenvalue weighted by Crippen LogP contribution is 2.56. The molecule has 23 heavy (non-hydrogen) atoms. The van der Waals surface area contributed by atoms with Crippen LogP contribution >= 0.6 is 0 Å². The molecule has 3 aliphatic rings. The molecule has 4 rings (SSSR count). The quantitative estimate of drug-likeness (QED) is 0.865. The van der Waals surface area contributed by atoms with Gasteiger partial charge in [-0.05, 0) is 55.4 Å². The summed E-state index contributed by atoms with van der Waals surface area (Å²) in [5.74, 6) is -1.01. The molecule has 1 aliphatic heterocycles. The van der Waals surface area contributed by atoms with Crippen molar-refractivity contribution in [1.29, 1.82) is 0 Å². The van der Waals surface area contributed by atoms with Gasteiger partial charge in [0.15, 0.2) is 0 Å². The minimum absolute atomic E-state index is 0.193. The number of rotatable bonds is 3. The van der Waals surface area contributed by atoms with Crippen molar-refractivity contribution >= 4 is 23.4 Å². The van der Waals surface area contributed by atoms with Crippen LogP contribution in [-0.4, -0.2) is 29.2 Å². The topological polar surface area (TPSA) is 66.5 Å². The van der Waals surface area contributed by atoms with Gasteiger partial charge in [0.25, 0.3) is 0 Å². The zero-order valence-corrected chi connectivity index (χ0v) is 12.5. The van der Waals surface area contributed by atoms with Crippen molar-refractivity contribution in [1.82, 2.24) is 4.90 Å². The van der Waals surface area contributed by atoms with Crippen LogP contribution in [0.5, 0.6) is 0 Å². The molecule has 3 fully saturated rings. The number of likely N-dealkylation sites (tertiary alicyclic amines) is 1. The monoisotopic (exact) mass is 316 g/mol. The molecule has 0 unspecified atom stereocenters. The van der Waals surface area contributed by atoms with Crippen LogP contribution in [-0.2, 0) is 14.4 Å². The number of fused-ring (bicyclic) bond motifs is 5. The fraction of sp³-hybridized carbons (Fsp3) is 0.471. The summed E-state index contributed by atoms with van der Waals surface area (Å²) in [4.78, 5) is 38.2. The first-order chi connectivity index (χ1) is 11.0. The average Bonchev–Trinajstić information content (AvgIpc) is 3.19. The molecular formula is C17H17FN2O3. The van der Waals surface area contributed by atoms with Crippen molar-refractivity contribution in [3.63, 3.8) is 0 Å². The number of nitrogens with one attached hydrogen (secondary N) is 1. The molecule has 0 spiro atoms. The smallest absolute Gasteiger partial charge is 0.244 e. The Balaban J connectivity index is 1.44. The van der Waals surface area contributed by atoms with E-state index < -0.39 is 11.7 Å². The summed E-state index contributed by atoms with van der Waals surface area (Å²) in [7, 11) is 0. The standard InChI is InChI=1S/C17H17FN2O3/c18-11-3-5-12(6-4-11)19-13(21)8-20-16(22)14-9-1-2-10(7-9)15(14)17(20)23/h3-6,9-10,14-15H,1-2,7-8H2,(H,19,21)/t9-,10-,14-,15+/m1/s1. The Morgan fingerprint density at radius 3 is 2.22 bits per heavy atom. The van der Waals surface area contributed by atoms with Gasteiger partial charge in [-0.3, -0.25) is 19.3 Å². The van der Waals surface area contributed by atoms with E-state index >= 15 is 0 Å². The zero-order valence-electron chi connectivity index (χ0n) is 12.5. The van der Waals surface area contributed by atoms with E-state index in [0.717, 1.165) is 24.2 Å². The lowest BCUT2D eigenvalue weighted by Crippen LogP contribution is -2.39. The number of anilines is 1. The number of hydrogen-bond acceptors (Lipinski definition) is 3. The Labute approximate surface area is 132 Å². The summed E-state index contributed by atoms with van der Waals surface area (Å²) >= 11 is 0. The van der Waals surface area contributed by atoms with Crippen LogP contribution in [0.15, 0.2) is 24.3 Å². The molecule has 1 aromatic carbocycles. The first-order valence-corrected chi connectivity index (χ1v) is 7.95. The van der Waals surface area contributed by atoms with Gasteiger partial charge in [0, 0.05) is 5.69 Å². The van der Waals surface area contributed by atoms with E-state index in [-0.39, 0.29) is 30.2 Å². The zero-order chi connectivity index (χ0) is 16.1. The highest BCUT2D eigenvalue weighted by atomic mass is 19.1. The van der Waals surface area contributed by atoms with E-state index in [1.54, 1.807) is 0 Å². The largest absolute Gasteiger partial charge is 0.325 e. The number of amides is 3. The number of carbonyl (C=O) groups excluding carboxylic acids is 3. The normalized spacial score (nSPS) is 31.6. The Hall–Kier alpha value is -2.24. The van der Waals surface area contributed by atoms with Gasteiger partial charge < -0.3 is 5.32 Å². The second kappa shape index (κ2) is 5.15. The van der Waals surface area contributed by atoms with E-state index in [4.69, 9.17) is 0 Å². The van der Waals surface area contributed by atoms with E-state index in [1.165, 1.54) is 24.3 Å². The number of benzene rings is 1. The van der Waals surface area contributed by atoms with Crippen LogP contribution in [0.25, 0.3) is 0 Å². The maximum absolute atomic E-state index is 12.9. The molecule has 2 bridgehead atoms. The highest BCUT2D eigenvalue weighted by molar-refractivity contribution is 6.09. The molecule has 0 radical (unpaired) electrons. The highest BCUT2D eigenvalue weighted by Gasteiger charge is 2.60. The minimum Gasteiger partial charge on any atom is -0.325 e. The summed E-state index contributed by atoms with van der Waals surface area (Å²) in [5.41, 5.74) is 0.441. The summed E-state index contributed by atoms with van der Waals surface area (Å²) in [6.07, 6.45) is 3.00. The van der Waals surface area contributed by atoms with E-state index in [9.17, 15) is 18.8 Å². The predicted molar refractivity (Wildman–Crippen MR) is 79.6 cm³/mol. The fourth-order valence-corrected chi connectivity index (χ4v) is 4.50. The molecule has 0 aromatic heterocycles. The van der Waals surface area contributed by atoms with Crippen molar-refractivity contribution in [2.45, 2.75) is 19.3 Å². The van der Waals surface area contributed by atoms with Crippen molar-refractivity contribution in [2.24, 2.45) is 23.7 Å². The molecule has 1 heterocycles. The third-order valence-electron chi connectivity index (χ3n) is 5.45. The van der Waals surface area contributed by atoms with Crippen LogP contribution in [0.3, 0.4) is 0 Å². The molecule has 3 amide bonds. The van der Waals surface area contributed by atoms with Gasteiger partial charge in [0.1, 0.15) is 12.4 Å². The third-order valence-corrected chi connectivity index (χ3v) is 5.45. The first-order valence-electron chi connectivity index (χ1n) is 7.95. The maximum Gasteiger partial charge on any atom is 0.244 e. The van der Waals surface area contributed by atoms with E-state index in [2.05, 4.69) is 5.32 Å². The second-order valence-corrected chi connectivity index (χ2v) is 6.70. The SMILES string of the molecule is O=C(CN1C(=O)[C@@H]2[C@@H]3CC[C@H](C3)[C@@H]2C1=O)Nc1ccc(F)cc1. The van der Waals surface area contributed by atoms with Crippen molar-refractivity contribution in [2.75, 3.05) is 11.9 Å². The summed E-state index contributed by atoms with van der Waals surface area (Å²) < 4.78 is 12.9. The van der Waals surface area contributed by atoms with E-state index in [0.29, 0.717) is 17.5 Å². The van der Waals surface area contributed by atoms with Crippen LogP contribution in [0.4, 0.5) is 10.1 Å². The Bertz CT molecular complexity index is 660. The van der Waals surface area contributed by atoms with Gasteiger partial charge in [0.2, 0.25) is 17.7 Å². The molecule has 2 saturated carbocycles. The lowest BCUT2D eigenvalue weighted by molar-refractivity contribution is -0.143. The van der Waals surface area contributed by atoms with Crippen molar-refractivity contribution in [3.8, 4) is 0 Å². The number of imide groups is 1. The van der Waals surface area contributed by atoms with Crippen LogP contribution in [0.1, 0.15) is 19.3 Å². The summed E-state index contributed by atoms with van der Waals surface area (Å²) in [5, 5.41) is 2.59. The van der Waals surface area contributed by atoms with Gasteiger partial charge in [0.05, 0.1) is 11.8 Å². The van der Waals surface area contributed by atoms with Gasteiger partial charge in [-0.15, -0.1) is 0 Å². The van der Waals surface area contributed by atoms with Gasteiger partial charge >= 0.3 is 0 Å². The van der Waals surface area contributed by atoms with Crippen molar-refractivity contribution in [3.05, 3.63) is 30.1 Å². The summed E-state index contributed by atoms with van der Waals surface area (Å²) in [6, 6.07) is 5.36. The lowest BCUT2D eigenvalue weighted by atomic mass is 9.81. The Morgan fingerprint density at radius 2 is 1.65 bits per heavy atom. The maximum atomic E-state index is 12.9. The number of halogens is 1. The Morgan fingerprint density at radius 1 is 1.09 bits per heavy atom.